The molecule has 0 aliphatic rings. The lowest BCUT2D eigenvalue weighted by molar-refractivity contribution is 0.627. The van der Waals surface area contributed by atoms with Crippen molar-refractivity contribution in [2.75, 3.05) is 0 Å². The number of halogens is 3. The van der Waals surface area contributed by atoms with Crippen molar-refractivity contribution in [2.45, 2.75) is 0 Å². The monoisotopic (exact) mass is 451 g/mol. The van der Waals surface area contributed by atoms with Crippen molar-refractivity contribution in [1.82, 2.24) is 14.8 Å². The van der Waals surface area contributed by atoms with E-state index in [4.69, 9.17) is 4.98 Å². The van der Waals surface area contributed by atoms with Crippen LogP contribution in [0.15, 0.2) is 97.3 Å². The lowest BCUT2D eigenvalue weighted by Gasteiger charge is -2.13. The molecule has 6 aromatic rings. The van der Waals surface area contributed by atoms with Gasteiger partial charge in [-0.2, -0.15) is 5.10 Å². The Morgan fingerprint density at radius 1 is 0.588 bits per heavy atom. The van der Waals surface area contributed by atoms with Gasteiger partial charge >= 0.3 is 0 Å². The third-order valence-corrected chi connectivity index (χ3v) is 5.90. The third kappa shape index (κ3) is 3.40. The van der Waals surface area contributed by atoms with Crippen LogP contribution in [0.1, 0.15) is 0 Å². The van der Waals surface area contributed by atoms with Crippen molar-refractivity contribution >= 4 is 21.8 Å². The molecule has 0 unspecified atom stereocenters. The van der Waals surface area contributed by atoms with Gasteiger partial charge in [0.1, 0.15) is 17.5 Å². The van der Waals surface area contributed by atoms with Gasteiger partial charge in [0.15, 0.2) is 0 Å². The van der Waals surface area contributed by atoms with Crippen LogP contribution >= 0.6 is 0 Å². The summed E-state index contributed by atoms with van der Waals surface area (Å²) >= 11 is 0. The summed E-state index contributed by atoms with van der Waals surface area (Å²) in [6, 6.07) is 22.6. The Labute approximate surface area is 192 Å². The molecule has 164 valence electrons. The molecule has 6 rings (SSSR count). The Hall–Kier alpha value is -4.45. The van der Waals surface area contributed by atoms with E-state index in [2.05, 4.69) is 5.10 Å². The first-order valence-corrected chi connectivity index (χ1v) is 10.7. The predicted octanol–water partition coefficient (Wildman–Crippen LogP) is 7.33. The zero-order chi connectivity index (χ0) is 23.2. The molecule has 0 radical (unpaired) electrons. The zero-order valence-electron chi connectivity index (χ0n) is 17.7. The Bertz CT molecular complexity index is 1650. The standard InChI is InChI=1S/C28H16F3N3/c29-21-5-1-17(2-6-21)19-13-25(18-3-7-22(30)8-4-18)27-26(14-19)28-20(15-32-27)16-33-34(28)24-11-9-23(31)10-12-24/h1-16H. The Morgan fingerprint density at radius 3 is 1.82 bits per heavy atom. The smallest absolute Gasteiger partial charge is 0.123 e. The number of hydrogen-bond acceptors (Lipinski definition) is 2. The van der Waals surface area contributed by atoms with E-state index in [0.717, 1.165) is 38.5 Å². The van der Waals surface area contributed by atoms with Gasteiger partial charge in [0.2, 0.25) is 0 Å². The molecular formula is C28H16F3N3. The SMILES string of the molecule is Fc1ccc(-c2cc(-c3ccc(F)cc3)c3ncc4cnn(-c5ccc(F)cc5)c4c3c2)cc1. The molecule has 2 heterocycles. The molecule has 0 fully saturated rings. The molecule has 0 atom stereocenters. The molecule has 2 aromatic heterocycles. The summed E-state index contributed by atoms with van der Waals surface area (Å²) in [7, 11) is 0. The first kappa shape index (κ1) is 20.2. The molecule has 3 nitrogen and oxygen atoms in total. The predicted molar refractivity (Wildman–Crippen MR) is 127 cm³/mol. The number of nitrogens with zero attached hydrogens (tertiary/aromatic N) is 3. The lowest BCUT2D eigenvalue weighted by atomic mass is 9.95. The van der Waals surface area contributed by atoms with Gasteiger partial charge in [0, 0.05) is 22.5 Å². The maximum absolute atomic E-state index is 13.6. The summed E-state index contributed by atoms with van der Waals surface area (Å²) in [5.41, 5.74) is 5.53. The van der Waals surface area contributed by atoms with Crippen LogP contribution in [0.4, 0.5) is 13.2 Å². The highest BCUT2D eigenvalue weighted by atomic mass is 19.1. The first-order chi connectivity index (χ1) is 16.6. The van der Waals surface area contributed by atoms with E-state index in [1.54, 1.807) is 53.5 Å². The molecule has 34 heavy (non-hydrogen) atoms. The van der Waals surface area contributed by atoms with E-state index in [1.165, 1.54) is 36.4 Å². The summed E-state index contributed by atoms with van der Waals surface area (Å²) in [6.45, 7) is 0. The van der Waals surface area contributed by atoms with E-state index in [9.17, 15) is 13.2 Å². The molecule has 0 bridgehead atoms. The molecule has 0 aliphatic heterocycles. The minimum Gasteiger partial charge on any atom is -0.255 e. The van der Waals surface area contributed by atoms with Crippen LogP contribution in [-0.4, -0.2) is 14.8 Å². The molecule has 0 spiro atoms. The van der Waals surface area contributed by atoms with E-state index >= 15 is 0 Å². The van der Waals surface area contributed by atoms with Crippen molar-refractivity contribution in [3.8, 4) is 27.9 Å². The van der Waals surface area contributed by atoms with Crippen molar-refractivity contribution in [2.24, 2.45) is 0 Å². The van der Waals surface area contributed by atoms with Crippen LogP contribution in [0.5, 0.6) is 0 Å². The van der Waals surface area contributed by atoms with Gasteiger partial charge < -0.3 is 0 Å². The maximum Gasteiger partial charge on any atom is 0.123 e. The fourth-order valence-electron chi connectivity index (χ4n) is 4.25. The minimum absolute atomic E-state index is 0.318. The first-order valence-electron chi connectivity index (χ1n) is 10.7. The van der Waals surface area contributed by atoms with Crippen LogP contribution < -0.4 is 0 Å². The largest absolute Gasteiger partial charge is 0.255 e. The van der Waals surface area contributed by atoms with E-state index in [1.807, 2.05) is 12.1 Å². The van der Waals surface area contributed by atoms with Gasteiger partial charge in [-0.25, -0.2) is 17.9 Å². The normalized spacial score (nSPS) is 11.4. The third-order valence-electron chi connectivity index (χ3n) is 5.90. The van der Waals surface area contributed by atoms with E-state index < -0.39 is 0 Å². The summed E-state index contributed by atoms with van der Waals surface area (Å²) in [4.78, 5) is 4.71. The van der Waals surface area contributed by atoms with Gasteiger partial charge in [-0.3, -0.25) is 4.98 Å². The van der Waals surface area contributed by atoms with E-state index in [-0.39, 0.29) is 17.5 Å². The van der Waals surface area contributed by atoms with Crippen LogP contribution in [0.2, 0.25) is 0 Å². The number of pyridine rings is 1. The lowest BCUT2D eigenvalue weighted by Crippen LogP contribution is -1.98. The van der Waals surface area contributed by atoms with Gasteiger partial charge in [0.05, 0.1) is 22.9 Å². The number of rotatable bonds is 3. The number of aromatic nitrogens is 3. The summed E-state index contributed by atoms with van der Waals surface area (Å²) in [5.74, 6) is -0.974. The van der Waals surface area contributed by atoms with Crippen molar-refractivity contribution in [3.63, 3.8) is 0 Å². The zero-order valence-corrected chi connectivity index (χ0v) is 17.7. The number of fused-ring (bicyclic) bond motifs is 3. The second-order valence-corrected chi connectivity index (χ2v) is 8.03. The highest BCUT2D eigenvalue weighted by Gasteiger charge is 2.16. The van der Waals surface area contributed by atoms with Crippen LogP contribution in [0.25, 0.3) is 49.7 Å². The van der Waals surface area contributed by atoms with Gasteiger partial charge in [-0.1, -0.05) is 24.3 Å². The fourth-order valence-corrected chi connectivity index (χ4v) is 4.25. The van der Waals surface area contributed by atoms with Gasteiger partial charge in [-0.15, -0.1) is 0 Å². The van der Waals surface area contributed by atoms with Crippen molar-refractivity contribution in [3.05, 3.63) is 115 Å². The second-order valence-electron chi connectivity index (χ2n) is 8.03. The number of hydrogen-bond donors (Lipinski definition) is 0. The fraction of sp³-hybridized carbons (Fsp3) is 0. The molecule has 0 amide bonds. The summed E-state index contributed by atoms with van der Waals surface area (Å²) < 4.78 is 42.5. The van der Waals surface area contributed by atoms with Crippen LogP contribution in [0.3, 0.4) is 0 Å². The molecule has 0 saturated heterocycles. The molecule has 6 heteroatoms. The minimum atomic E-state index is -0.330. The molecule has 4 aromatic carbocycles. The van der Waals surface area contributed by atoms with Crippen molar-refractivity contribution < 1.29 is 13.2 Å². The van der Waals surface area contributed by atoms with E-state index in [0.29, 0.717) is 11.2 Å². The Kier molecular flexibility index (Phi) is 4.66. The van der Waals surface area contributed by atoms with Crippen molar-refractivity contribution in [1.29, 1.82) is 0 Å². The topological polar surface area (TPSA) is 30.7 Å². The Balaban J connectivity index is 1.70. The highest BCUT2D eigenvalue weighted by molar-refractivity contribution is 6.10. The molecule has 0 aliphatic carbocycles. The van der Waals surface area contributed by atoms with Gasteiger partial charge in [0.25, 0.3) is 0 Å². The summed E-state index contributed by atoms with van der Waals surface area (Å²) in [5, 5.41) is 6.17. The second kappa shape index (κ2) is 7.85. The van der Waals surface area contributed by atoms with Crippen LogP contribution in [0, 0.1) is 17.5 Å². The average Bonchev–Trinajstić information content (AvgIpc) is 3.30. The molecule has 0 saturated carbocycles. The number of benzene rings is 4. The van der Waals surface area contributed by atoms with Gasteiger partial charge in [-0.05, 0) is 77.4 Å². The quantitative estimate of drug-likeness (QED) is 0.282. The van der Waals surface area contributed by atoms with Crippen LogP contribution in [-0.2, 0) is 0 Å². The highest BCUT2D eigenvalue weighted by Crippen LogP contribution is 2.37. The maximum atomic E-state index is 13.6. The molecule has 0 N–H and O–H groups in total. The molecular weight excluding hydrogens is 435 g/mol. The summed E-state index contributed by atoms with van der Waals surface area (Å²) in [6.07, 6.45) is 3.46. The Morgan fingerprint density at radius 2 is 1.18 bits per heavy atom. The average molecular weight is 451 g/mol.